The van der Waals surface area contributed by atoms with Gasteiger partial charge in [0.1, 0.15) is 13.2 Å². The number of hydrogen-bond acceptors (Lipinski definition) is 4. The van der Waals surface area contributed by atoms with Gasteiger partial charge in [0.25, 0.3) is 0 Å². The molecule has 0 unspecified atom stereocenters. The molecule has 0 atom stereocenters. The Bertz CT molecular complexity index is 321. The van der Waals surface area contributed by atoms with Crippen LogP contribution < -0.4 is 0 Å². The Balaban J connectivity index is 2.91. The summed E-state index contributed by atoms with van der Waals surface area (Å²) in [7, 11) is 0. The number of cyclic esters (lactones) is 2. The Morgan fingerprint density at radius 2 is 1.32 bits per heavy atom. The first-order chi connectivity index (χ1) is 8.83. The number of hydrogen-bond donors (Lipinski definition) is 0. The molecule has 0 amide bonds. The molecule has 0 bridgehead atoms. The third-order valence-electron chi connectivity index (χ3n) is 3.08. The maximum Gasteiger partial charge on any atom is 0.331 e. The van der Waals surface area contributed by atoms with Crippen LogP contribution in [0.5, 0.6) is 0 Å². The lowest BCUT2D eigenvalue weighted by Gasteiger charge is -2.35. The van der Waals surface area contributed by atoms with Gasteiger partial charge in [0, 0.05) is 17.6 Å². The zero-order valence-corrected chi connectivity index (χ0v) is 12.3. The normalized spacial score (nSPS) is 21.4. The first-order valence-corrected chi connectivity index (χ1v) is 6.84. The second-order valence-corrected chi connectivity index (χ2v) is 6.24. The van der Waals surface area contributed by atoms with Crippen molar-refractivity contribution in [2.75, 3.05) is 13.2 Å². The molecule has 0 radical (unpaired) electrons. The molecule has 0 fully saturated rings. The van der Waals surface area contributed by atoms with Crippen LogP contribution in [-0.4, -0.2) is 25.2 Å². The van der Waals surface area contributed by atoms with Crippen LogP contribution in [0.25, 0.3) is 0 Å². The number of ether oxygens (including phenoxy) is 2. The highest BCUT2D eigenvalue weighted by Crippen LogP contribution is 2.35. The number of esters is 2. The number of carbonyl (C=O) groups excluding carboxylic acids is 2. The average molecular weight is 268 g/mol. The first kappa shape index (κ1) is 15.7. The predicted molar refractivity (Wildman–Crippen MR) is 72.4 cm³/mol. The van der Waals surface area contributed by atoms with Crippen LogP contribution >= 0.6 is 0 Å². The van der Waals surface area contributed by atoms with Crippen molar-refractivity contribution in [2.45, 2.75) is 40.5 Å². The smallest absolute Gasteiger partial charge is 0.331 e. The molecule has 1 aliphatic rings. The molecule has 4 nitrogen and oxygen atoms in total. The Morgan fingerprint density at radius 3 is 1.63 bits per heavy atom. The van der Waals surface area contributed by atoms with Gasteiger partial charge in [-0.25, -0.2) is 9.59 Å². The molecule has 108 valence electrons. The highest BCUT2D eigenvalue weighted by molar-refractivity contribution is 5.91. The summed E-state index contributed by atoms with van der Waals surface area (Å²) in [6.07, 6.45) is 3.99. The average Bonchev–Trinajstić information content (AvgIpc) is 2.34. The van der Waals surface area contributed by atoms with E-state index in [0.717, 1.165) is 25.0 Å². The summed E-state index contributed by atoms with van der Waals surface area (Å²) in [6.45, 7) is 9.10. The summed E-state index contributed by atoms with van der Waals surface area (Å²) in [5.41, 5.74) is -0.278. The van der Waals surface area contributed by atoms with Crippen molar-refractivity contribution in [3.63, 3.8) is 0 Å². The Kier molecular flexibility index (Phi) is 5.58. The molecule has 0 saturated heterocycles. The van der Waals surface area contributed by atoms with Crippen LogP contribution in [0.3, 0.4) is 0 Å². The van der Waals surface area contributed by atoms with Gasteiger partial charge in [-0.05, 0) is 24.7 Å². The highest BCUT2D eigenvalue weighted by Gasteiger charge is 2.35. The SMILES string of the molecule is CC(C)CC1(CC(C)C)COC(=O)/C=C\C(=O)OC1. The highest BCUT2D eigenvalue weighted by atomic mass is 16.5. The van der Waals surface area contributed by atoms with Gasteiger partial charge >= 0.3 is 11.9 Å². The van der Waals surface area contributed by atoms with E-state index in [1.165, 1.54) is 0 Å². The van der Waals surface area contributed by atoms with E-state index in [1.54, 1.807) is 0 Å². The van der Waals surface area contributed by atoms with Crippen LogP contribution in [-0.2, 0) is 19.1 Å². The molecule has 0 saturated carbocycles. The van der Waals surface area contributed by atoms with E-state index in [0.29, 0.717) is 25.0 Å². The zero-order valence-electron chi connectivity index (χ0n) is 12.3. The van der Waals surface area contributed by atoms with Crippen molar-refractivity contribution in [1.29, 1.82) is 0 Å². The fraction of sp³-hybridized carbons (Fsp3) is 0.733. The van der Waals surface area contributed by atoms with Gasteiger partial charge < -0.3 is 9.47 Å². The van der Waals surface area contributed by atoms with Crippen LogP contribution in [0, 0.1) is 17.3 Å². The second kappa shape index (κ2) is 6.73. The van der Waals surface area contributed by atoms with Crippen LogP contribution in [0.15, 0.2) is 12.2 Å². The summed E-state index contributed by atoms with van der Waals surface area (Å²) in [5, 5.41) is 0. The van der Waals surface area contributed by atoms with Gasteiger partial charge in [0.15, 0.2) is 0 Å². The van der Waals surface area contributed by atoms with E-state index in [9.17, 15) is 9.59 Å². The lowest BCUT2D eigenvalue weighted by atomic mass is 9.75. The van der Waals surface area contributed by atoms with Gasteiger partial charge in [-0.2, -0.15) is 0 Å². The van der Waals surface area contributed by atoms with Gasteiger partial charge in [-0.3, -0.25) is 0 Å². The summed E-state index contributed by atoms with van der Waals surface area (Å²) >= 11 is 0. The van der Waals surface area contributed by atoms with Crippen molar-refractivity contribution in [3.8, 4) is 0 Å². The van der Waals surface area contributed by atoms with Crippen molar-refractivity contribution in [3.05, 3.63) is 12.2 Å². The van der Waals surface area contributed by atoms with E-state index in [1.807, 2.05) is 0 Å². The Hall–Kier alpha value is -1.32. The second-order valence-electron chi connectivity index (χ2n) is 6.24. The molecular weight excluding hydrogens is 244 g/mol. The fourth-order valence-electron chi connectivity index (χ4n) is 2.77. The summed E-state index contributed by atoms with van der Waals surface area (Å²) in [5.74, 6) is -0.0544. The van der Waals surface area contributed by atoms with Crippen molar-refractivity contribution >= 4 is 11.9 Å². The molecular formula is C15H24O4. The topological polar surface area (TPSA) is 52.6 Å². The van der Waals surface area contributed by atoms with Crippen LogP contribution in [0.4, 0.5) is 0 Å². The van der Waals surface area contributed by atoms with Gasteiger partial charge in [0.05, 0.1) is 0 Å². The number of rotatable bonds is 4. The molecule has 0 aliphatic carbocycles. The third-order valence-corrected chi connectivity index (χ3v) is 3.08. The molecule has 1 aliphatic heterocycles. The lowest BCUT2D eigenvalue weighted by molar-refractivity contribution is -0.148. The standard InChI is InChI=1S/C15H24O4/c1-11(2)7-15(8-12(3)4)9-18-13(16)5-6-14(17)19-10-15/h5-6,11-12H,7-10H2,1-4H3/b6-5-. The fourth-order valence-corrected chi connectivity index (χ4v) is 2.77. The molecule has 0 aromatic heterocycles. The zero-order chi connectivity index (χ0) is 14.5. The van der Waals surface area contributed by atoms with E-state index in [2.05, 4.69) is 27.7 Å². The largest absolute Gasteiger partial charge is 0.462 e. The van der Waals surface area contributed by atoms with Gasteiger partial charge in [-0.1, -0.05) is 27.7 Å². The minimum absolute atomic E-state index is 0.278. The van der Waals surface area contributed by atoms with Crippen LogP contribution in [0.2, 0.25) is 0 Å². The molecule has 1 rings (SSSR count). The Labute approximate surface area is 115 Å². The lowest BCUT2D eigenvalue weighted by Crippen LogP contribution is -2.36. The summed E-state index contributed by atoms with van der Waals surface area (Å²) in [6, 6.07) is 0. The van der Waals surface area contributed by atoms with E-state index < -0.39 is 11.9 Å². The predicted octanol–water partition coefficient (Wildman–Crippen LogP) is 2.72. The quantitative estimate of drug-likeness (QED) is 0.736. The Morgan fingerprint density at radius 1 is 0.947 bits per heavy atom. The molecule has 0 aromatic rings. The van der Waals surface area contributed by atoms with Crippen molar-refractivity contribution in [1.82, 2.24) is 0 Å². The maximum absolute atomic E-state index is 11.5. The molecule has 0 aromatic carbocycles. The molecule has 0 spiro atoms. The maximum atomic E-state index is 11.5. The molecule has 1 heterocycles. The van der Waals surface area contributed by atoms with Crippen LogP contribution in [0.1, 0.15) is 40.5 Å². The third kappa shape index (κ3) is 5.45. The summed E-state index contributed by atoms with van der Waals surface area (Å²) in [4.78, 5) is 23.0. The first-order valence-electron chi connectivity index (χ1n) is 6.84. The minimum atomic E-state index is -0.476. The van der Waals surface area contributed by atoms with E-state index >= 15 is 0 Å². The molecule has 19 heavy (non-hydrogen) atoms. The summed E-state index contributed by atoms with van der Waals surface area (Å²) < 4.78 is 10.5. The molecule has 4 heteroatoms. The van der Waals surface area contributed by atoms with Gasteiger partial charge in [-0.15, -0.1) is 0 Å². The van der Waals surface area contributed by atoms with E-state index in [-0.39, 0.29) is 5.41 Å². The van der Waals surface area contributed by atoms with Crippen molar-refractivity contribution < 1.29 is 19.1 Å². The number of carbonyl (C=O) groups is 2. The molecule has 0 N–H and O–H groups in total. The van der Waals surface area contributed by atoms with Crippen molar-refractivity contribution in [2.24, 2.45) is 17.3 Å². The minimum Gasteiger partial charge on any atom is -0.462 e. The van der Waals surface area contributed by atoms with Gasteiger partial charge in [0.2, 0.25) is 0 Å². The monoisotopic (exact) mass is 268 g/mol. The van der Waals surface area contributed by atoms with E-state index in [4.69, 9.17) is 9.47 Å².